The van der Waals surface area contributed by atoms with E-state index in [0.29, 0.717) is 12.0 Å². The van der Waals surface area contributed by atoms with Gasteiger partial charge in [-0.3, -0.25) is 0 Å². The molecule has 0 saturated carbocycles. The topological polar surface area (TPSA) is 0 Å². The van der Waals surface area contributed by atoms with Crippen LogP contribution in [0, 0.1) is 0 Å². The first-order chi connectivity index (χ1) is 5.54. The van der Waals surface area contributed by atoms with Gasteiger partial charge in [-0.05, 0) is 18.1 Å². The van der Waals surface area contributed by atoms with Crippen LogP contribution in [0.25, 0.3) is 0 Å². The summed E-state index contributed by atoms with van der Waals surface area (Å²) in [7, 11) is 0. The second-order valence-electron chi connectivity index (χ2n) is 2.55. The predicted molar refractivity (Wildman–Crippen MR) is 40.8 cm³/mol. The lowest BCUT2D eigenvalue weighted by Gasteiger charge is -2.06. The monoisotopic (exact) mass is 174 g/mol. The summed E-state index contributed by atoms with van der Waals surface area (Å²) in [6.45, 7) is 1.83. The van der Waals surface area contributed by atoms with Crippen LogP contribution in [0.15, 0.2) is 24.3 Å². The minimum absolute atomic E-state index is 0.568. The molecule has 0 atom stereocenters. The van der Waals surface area contributed by atoms with Crippen molar-refractivity contribution in [2.24, 2.45) is 0 Å². The van der Waals surface area contributed by atoms with Crippen molar-refractivity contribution in [3.63, 3.8) is 0 Å². The van der Waals surface area contributed by atoms with Crippen LogP contribution in [0.5, 0.6) is 0 Å². The third kappa shape index (κ3) is 2.00. The van der Waals surface area contributed by atoms with Gasteiger partial charge in [-0.25, -0.2) is 0 Å². The van der Waals surface area contributed by atoms with Crippen LogP contribution in [0.4, 0.5) is 13.2 Å². The van der Waals surface area contributed by atoms with Crippen LogP contribution < -0.4 is 0 Å². The Labute approximate surface area is 69.0 Å². The van der Waals surface area contributed by atoms with E-state index in [1.165, 1.54) is 12.1 Å². The molecule has 0 saturated heterocycles. The maximum absolute atomic E-state index is 12.1. The van der Waals surface area contributed by atoms with Crippen LogP contribution in [0.3, 0.4) is 0 Å². The summed E-state index contributed by atoms with van der Waals surface area (Å²) >= 11 is 0. The highest BCUT2D eigenvalue weighted by atomic mass is 19.4. The van der Waals surface area contributed by atoms with E-state index < -0.39 is 11.7 Å². The maximum Gasteiger partial charge on any atom is 0.416 e. The molecular weight excluding hydrogens is 165 g/mol. The molecular formula is C9H9F3. The summed E-state index contributed by atoms with van der Waals surface area (Å²) in [6.07, 6.45) is -3.59. The number of aryl methyl sites for hydroxylation is 1. The van der Waals surface area contributed by atoms with Gasteiger partial charge in [0.2, 0.25) is 0 Å². The Balaban J connectivity index is 3.02. The molecule has 0 aliphatic heterocycles. The van der Waals surface area contributed by atoms with Crippen LogP contribution >= 0.6 is 0 Å². The third-order valence-corrected chi connectivity index (χ3v) is 1.66. The van der Waals surface area contributed by atoms with Crippen molar-refractivity contribution < 1.29 is 13.2 Å². The van der Waals surface area contributed by atoms with Crippen molar-refractivity contribution in [1.29, 1.82) is 0 Å². The van der Waals surface area contributed by atoms with E-state index in [4.69, 9.17) is 0 Å². The van der Waals surface area contributed by atoms with E-state index >= 15 is 0 Å². The fourth-order valence-corrected chi connectivity index (χ4v) is 0.968. The predicted octanol–water partition coefficient (Wildman–Crippen LogP) is 3.27. The minimum atomic E-state index is -4.22. The van der Waals surface area contributed by atoms with E-state index in [1.54, 1.807) is 6.07 Å². The number of benzene rings is 1. The van der Waals surface area contributed by atoms with Gasteiger partial charge in [0, 0.05) is 0 Å². The Morgan fingerprint density at radius 1 is 1.25 bits per heavy atom. The molecule has 0 unspecified atom stereocenters. The van der Waals surface area contributed by atoms with E-state index in [2.05, 4.69) is 0 Å². The van der Waals surface area contributed by atoms with Gasteiger partial charge in [0.25, 0.3) is 0 Å². The number of alkyl halides is 3. The van der Waals surface area contributed by atoms with Crippen LogP contribution in [0.1, 0.15) is 18.1 Å². The first-order valence-electron chi connectivity index (χ1n) is 3.70. The summed E-state index contributed by atoms with van der Waals surface area (Å²) in [5.41, 5.74) is 0.145. The second kappa shape index (κ2) is 3.17. The number of hydrogen-bond acceptors (Lipinski definition) is 0. The van der Waals surface area contributed by atoms with Crippen LogP contribution in [-0.2, 0) is 12.6 Å². The highest BCUT2D eigenvalue weighted by Crippen LogP contribution is 2.29. The van der Waals surface area contributed by atoms with E-state index in [1.807, 2.05) is 6.92 Å². The van der Waals surface area contributed by atoms with Gasteiger partial charge in [-0.2, -0.15) is 13.2 Å². The fraction of sp³-hybridized carbons (Fsp3) is 0.333. The lowest BCUT2D eigenvalue weighted by Crippen LogP contribution is -2.04. The molecule has 66 valence electrons. The highest BCUT2D eigenvalue weighted by Gasteiger charge is 2.30. The van der Waals surface area contributed by atoms with Crippen molar-refractivity contribution in [3.8, 4) is 0 Å². The summed E-state index contributed by atoms with van der Waals surface area (Å²) in [4.78, 5) is 0. The lowest BCUT2D eigenvalue weighted by atomic mass is 10.1. The highest BCUT2D eigenvalue weighted by molar-refractivity contribution is 5.25. The molecule has 1 aromatic rings. The Morgan fingerprint density at radius 2 is 1.92 bits per heavy atom. The van der Waals surface area contributed by atoms with Gasteiger partial charge in [-0.1, -0.05) is 25.1 Å². The van der Waals surface area contributed by atoms with Gasteiger partial charge in [0.15, 0.2) is 0 Å². The zero-order valence-corrected chi connectivity index (χ0v) is 6.65. The number of halogens is 3. The molecule has 0 N–H and O–H groups in total. The first kappa shape index (κ1) is 9.10. The number of rotatable bonds is 1. The first-order valence-corrected chi connectivity index (χ1v) is 3.70. The molecule has 0 fully saturated rings. The van der Waals surface area contributed by atoms with Gasteiger partial charge in [-0.15, -0.1) is 0 Å². The Kier molecular flexibility index (Phi) is 2.40. The summed E-state index contributed by atoms with van der Waals surface area (Å²) in [5, 5.41) is 0. The van der Waals surface area contributed by atoms with E-state index in [0.717, 1.165) is 6.07 Å². The smallest absolute Gasteiger partial charge is 0.166 e. The van der Waals surface area contributed by atoms with Crippen molar-refractivity contribution in [2.45, 2.75) is 19.5 Å². The zero-order valence-electron chi connectivity index (χ0n) is 6.65. The minimum Gasteiger partial charge on any atom is -0.166 e. The molecule has 3 heteroatoms. The van der Waals surface area contributed by atoms with Crippen molar-refractivity contribution >= 4 is 0 Å². The van der Waals surface area contributed by atoms with Gasteiger partial charge in [0.05, 0.1) is 5.56 Å². The molecule has 0 heterocycles. The van der Waals surface area contributed by atoms with Gasteiger partial charge < -0.3 is 0 Å². The number of hydrogen-bond donors (Lipinski definition) is 0. The molecule has 1 rings (SSSR count). The molecule has 0 bridgehead atoms. The normalized spacial score (nSPS) is 11.7. The molecule has 0 aliphatic rings. The third-order valence-electron chi connectivity index (χ3n) is 1.66. The maximum atomic E-state index is 12.1. The molecule has 0 amide bonds. The molecule has 0 radical (unpaired) electrons. The second-order valence-corrected chi connectivity index (χ2v) is 2.55. The van der Waals surface area contributed by atoms with Crippen molar-refractivity contribution in [2.75, 3.05) is 0 Å². The SMILES string of the molecule is CCc1cccc(C(F)(F)F)c1. The average molecular weight is 174 g/mol. The Hall–Kier alpha value is -0.990. The summed E-state index contributed by atoms with van der Waals surface area (Å²) < 4.78 is 36.3. The van der Waals surface area contributed by atoms with Crippen molar-refractivity contribution in [1.82, 2.24) is 0 Å². The quantitative estimate of drug-likeness (QED) is 0.613. The summed E-state index contributed by atoms with van der Waals surface area (Å²) in [5.74, 6) is 0. The summed E-state index contributed by atoms with van der Waals surface area (Å²) in [6, 6.07) is 5.38. The van der Waals surface area contributed by atoms with Crippen molar-refractivity contribution in [3.05, 3.63) is 35.4 Å². The largest absolute Gasteiger partial charge is 0.416 e. The lowest BCUT2D eigenvalue weighted by molar-refractivity contribution is -0.137. The van der Waals surface area contributed by atoms with E-state index in [9.17, 15) is 13.2 Å². The standard InChI is InChI=1S/C9H9F3/c1-2-7-4-3-5-8(6-7)9(10,11)12/h3-6H,2H2,1H3. The Morgan fingerprint density at radius 3 is 2.42 bits per heavy atom. The molecule has 0 spiro atoms. The van der Waals surface area contributed by atoms with Gasteiger partial charge >= 0.3 is 6.18 Å². The van der Waals surface area contributed by atoms with E-state index in [-0.39, 0.29) is 0 Å². The molecule has 0 aliphatic carbocycles. The van der Waals surface area contributed by atoms with Crippen LogP contribution in [0.2, 0.25) is 0 Å². The Bertz CT molecular complexity index is 263. The fourth-order valence-electron chi connectivity index (χ4n) is 0.968. The zero-order chi connectivity index (χ0) is 9.19. The molecule has 0 nitrogen and oxygen atoms in total. The van der Waals surface area contributed by atoms with Crippen LogP contribution in [-0.4, -0.2) is 0 Å². The van der Waals surface area contributed by atoms with Gasteiger partial charge in [0.1, 0.15) is 0 Å². The average Bonchev–Trinajstić information content (AvgIpc) is 2.03. The molecule has 1 aromatic carbocycles. The molecule has 12 heavy (non-hydrogen) atoms. The molecule has 0 aromatic heterocycles.